The molecular weight excluding hydrogens is 384 g/mol. The molecule has 2 fully saturated rings. The van der Waals surface area contributed by atoms with Crippen LogP contribution >= 0.6 is 0 Å². The molecule has 1 aromatic rings. The fraction of sp³-hybridized carbons (Fsp3) is 0.609. The Morgan fingerprint density at radius 3 is 2.43 bits per heavy atom. The molecule has 0 N–H and O–H groups in total. The molecule has 2 aliphatic rings. The van der Waals surface area contributed by atoms with E-state index >= 15 is 0 Å². The molecule has 3 rings (SSSR count). The molecule has 3 amide bonds. The summed E-state index contributed by atoms with van der Waals surface area (Å²) in [6, 6.07) is 9.25. The maximum atomic E-state index is 13.4. The number of nitrogens with zero attached hydrogens (tertiary/aromatic N) is 2. The van der Waals surface area contributed by atoms with E-state index in [1.807, 2.05) is 51.1 Å². The number of likely N-dealkylation sites (tertiary alicyclic amines) is 1. The predicted molar refractivity (Wildman–Crippen MR) is 112 cm³/mol. The summed E-state index contributed by atoms with van der Waals surface area (Å²) < 4.78 is 10.9. The zero-order valence-electron chi connectivity index (χ0n) is 18.1. The van der Waals surface area contributed by atoms with Crippen LogP contribution < -0.4 is 0 Å². The zero-order valence-corrected chi connectivity index (χ0v) is 18.1. The van der Waals surface area contributed by atoms with Crippen LogP contribution in [0.1, 0.15) is 52.0 Å². The molecule has 0 radical (unpaired) electrons. The van der Waals surface area contributed by atoms with Crippen LogP contribution in [0, 0.1) is 5.41 Å². The van der Waals surface area contributed by atoms with E-state index in [0.29, 0.717) is 25.9 Å². The minimum Gasteiger partial charge on any atom is -0.447 e. The summed E-state index contributed by atoms with van der Waals surface area (Å²) in [4.78, 5) is 41.3. The first-order valence-electron chi connectivity index (χ1n) is 10.7. The van der Waals surface area contributed by atoms with Crippen molar-refractivity contribution in [1.82, 2.24) is 9.80 Å². The Labute approximate surface area is 178 Å². The van der Waals surface area contributed by atoms with Crippen LogP contribution in [0.3, 0.4) is 0 Å². The second-order valence-electron chi connectivity index (χ2n) is 9.31. The molecule has 0 aliphatic carbocycles. The number of hydrogen-bond donors (Lipinski definition) is 0. The van der Waals surface area contributed by atoms with Gasteiger partial charge in [0.25, 0.3) is 5.91 Å². The van der Waals surface area contributed by atoms with E-state index in [9.17, 15) is 14.4 Å². The third-order valence-corrected chi connectivity index (χ3v) is 5.44. The Balaban J connectivity index is 1.75. The summed E-state index contributed by atoms with van der Waals surface area (Å²) in [7, 11) is 0. The Morgan fingerprint density at radius 1 is 1.13 bits per heavy atom. The summed E-state index contributed by atoms with van der Waals surface area (Å²) in [5.74, 6) is -0.501. The van der Waals surface area contributed by atoms with E-state index in [4.69, 9.17) is 9.47 Å². The summed E-state index contributed by atoms with van der Waals surface area (Å²) in [6.07, 6.45) is 1.61. The Bertz CT molecular complexity index is 753. The number of carbonyl (C=O) groups is 3. The van der Waals surface area contributed by atoms with Crippen molar-refractivity contribution in [1.29, 1.82) is 0 Å². The lowest BCUT2D eigenvalue weighted by atomic mass is 9.88. The highest BCUT2D eigenvalue weighted by molar-refractivity contribution is 5.96. The quantitative estimate of drug-likeness (QED) is 0.725. The van der Waals surface area contributed by atoms with Crippen molar-refractivity contribution in [3.63, 3.8) is 0 Å². The molecule has 2 saturated heterocycles. The first-order chi connectivity index (χ1) is 14.2. The Kier molecular flexibility index (Phi) is 7.00. The van der Waals surface area contributed by atoms with E-state index < -0.39 is 30.2 Å². The van der Waals surface area contributed by atoms with Gasteiger partial charge in [-0.1, -0.05) is 51.1 Å². The normalized spacial score (nSPS) is 20.6. The predicted octanol–water partition coefficient (Wildman–Crippen LogP) is 4.00. The van der Waals surface area contributed by atoms with E-state index in [1.54, 1.807) is 4.90 Å². The minimum absolute atomic E-state index is 0.141. The van der Waals surface area contributed by atoms with Crippen LogP contribution in [0.15, 0.2) is 30.3 Å². The molecule has 0 aromatic heterocycles. The van der Waals surface area contributed by atoms with E-state index in [0.717, 1.165) is 29.7 Å². The summed E-state index contributed by atoms with van der Waals surface area (Å²) in [6.45, 7) is 7.35. The summed E-state index contributed by atoms with van der Waals surface area (Å²) >= 11 is 0. The van der Waals surface area contributed by atoms with Gasteiger partial charge < -0.3 is 14.4 Å². The maximum Gasteiger partial charge on any atom is 0.417 e. The van der Waals surface area contributed by atoms with Gasteiger partial charge in [0.1, 0.15) is 6.61 Å². The third-order valence-electron chi connectivity index (χ3n) is 5.44. The number of benzene rings is 1. The molecular formula is C23H32N2O5. The second kappa shape index (κ2) is 9.49. The van der Waals surface area contributed by atoms with Crippen molar-refractivity contribution < 1.29 is 23.9 Å². The number of ether oxygens (including phenoxy) is 2. The molecule has 2 atom stereocenters. The lowest BCUT2D eigenvalue weighted by Gasteiger charge is -2.32. The molecule has 0 bridgehead atoms. The van der Waals surface area contributed by atoms with Crippen LogP contribution in [0.5, 0.6) is 0 Å². The molecule has 2 heterocycles. The van der Waals surface area contributed by atoms with Gasteiger partial charge in [0.2, 0.25) is 0 Å². The van der Waals surface area contributed by atoms with Gasteiger partial charge >= 0.3 is 12.2 Å². The van der Waals surface area contributed by atoms with Crippen LogP contribution in [0.2, 0.25) is 0 Å². The van der Waals surface area contributed by atoms with Crippen molar-refractivity contribution >= 4 is 18.1 Å². The standard InChI is InChI=1S/C23H32N2O5/c1-23(2,3)15-19(30-21(27)24-12-8-5-9-13-24)20(26)25-18(16-29-22(25)28)14-17-10-6-4-7-11-17/h4,6-7,10-11,18-19H,5,8-9,12-16H2,1-3H3/t18-,19-/m0/s1. The number of amides is 3. The fourth-order valence-electron chi connectivity index (χ4n) is 3.93. The number of imide groups is 1. The van der Waals surface area contributed by atoms with Crippen molar-refractivity contribution in [2.75, 3.05) is 19.7 Å². The molecule has 1 aromatic carbocycles. The fourth-order valence-corrected chi connectivity index (χ4v) is 3.93. The number of carbonyl (C=O) groups excluding carboxylic acids is 3. The number of rotatable bonds is 5. The number of hydrogen-bond acceptors (Lipinski definition) is 5. The topological polar surface area (TPSA) is 76.2 Å². The lowest BCUT2D eigenvalue weighted by Crippen LogP contribution is -2.49. The van der Waals surface area contributed by atoms with Crippen molar-refractivity contribution in [2.45, 2.75) is 65.0 Å². The Hall–Kier alpha value is -2.57. The minimum atomic E-state index is -1.02. The third kappa shape index (κ3) is 5.74. The van der Waals surface area contributed by atoms with Gasteiger partial charge in [-0.15, -0.1) is 0 Å². The van der Waals surface area contributed by atoms with E-state index in [1.165, 1.54) is 0 Å². The monoisotopic (exact) mass is 416 g/mol. The second-order valence-corrected chi connectivity index (χ2v) is 9.31. The smallest absolute Gasteiger partial charge is 0.417 e. The summed E-state index contributed by atoms with van der Waals surface area (Å²) in [5, 5.41) is 0. The van der Waals surface area contributed by atoms with Gasteiger partial charge in [-0.2, -0.15) is 0 Å². The Morgan fingerprint density at radius 2 is 1.80 bits per heavy atom. The molecule has 0 unspecified atom stereocenters. The van der Waals surface area contributed by atoms with Gasteiger partial charge in [0, 0.05) is 13.1 Å². The first kappa shape index (κ1) is 22.1. The molecule has 30 heavy (non-hydrogen) atoms. The molecule has 0 saturated carbocycles. The van der Waals surface area contributed by atoms with Crippen molar-refractivity contribution in [3.8, 4) is 0 Å². The largest absolute Gasteiger partial charge is 0.447 e. The van der Waals surface area contributed by atoms with Crippen LogP contribution in [-0.2, 0) is 20.7 Å². The van der Waals surface area contributed by atoms with Crippen LogP contribution in [-0.4, -0.2) is 59.7 Å². The molecule has 7 heteroatoms. The highest BCUT2D eigenvalue weighted by Gasteiger charge is 2.43. The summed E-state index contributed by atoms with van der Waals surface area (Å²) in [5.41, 5.74) is 0.748. The zero-order chi connectivity index (χ0) is 21.7. The SMILES string of the molecule is CC(C)(C)C[C@H](OC(=O)N1CCCCC1)C(=O)N1C(=O)OC[C@@H]1Cc1ccccc1. The molecule has 7 nitrogen and oxygen atoms in total. The van der Waals surface area contributed by atoms with Crippen LogP contribution in [0.25, 0.3) is 0 Å². The average Bonchev–Trinajstić information content (AvgIpc) is 3.07. The molecule has 0 spiro atoms. The maximum absolute atomic E-state index is 13.4. The van der Waals surface area contributed by atoms with Gasteiger partial charge in [-0.05, 0) is 43.1 Å². The average molecular weight is 417 g/mol. The van der Waals surface area contributed by atoms with Crippen molar-refractivity contribution in [3.05, 3.63) is 35.9 Å². The van der Waals surface area contributed by atoms with Gasteiger partial charge in [0.15, 0.2) is 6.10 Å². The lowest BCUT2D eigenvalue weighted by molar-refractivity contribution is -0.140. The highest BCUT2D eigenvalue weighted by atomic mass is 16.6. The number of cyclic esters (lactones) is 1. The van der Waals surface area contributed by atoms with E-state index in [2.05, 4.69) is 0 Å². The van der Waals surface area contributed by atoms with Gasteiger partial charge in [-0.3, -0.25) is 4.79 Å². The van der Waals surface area contributed by atoms with Gasteiger partial charge in [-0.25, -0.2) is 14.5 Å². The molecule has 2 aliphatic heterocycles. The van der Waals surface area contributed by atoms with Crippen LogP contribution in [0.4, 0.5) is 9.59 Å². The van der Waals surface area contributed by atoms with Crippen molar-refractivity contribution in [2.24, 2.45) is 5.41 Å². The number of piperidine rings is 1. The molecule has 164 valence electrons. The van der Waals surface area contributed by atoms with E-state index in [-0.39, 0.29) is 12.0 Å². The first-order valence-corrected chi connectivity index (χ1v) is 10.7. The van der Waals surface area contributed by atoms with Gasteiger partial charge in [0.05, 0.1) is 6.04 Å². The highest BCUT2D eigenvalue weighted by Crippen LogP contribution is 2.27.